The first-order chi connectivity index (χ1) is 28.6. The van der Waals surface area contributed by atoms with Crippen molar-refractivity contribution in [2.24, 2.45) is 0 Å². The Bertz CT molecular complexity index is 1060. The number of aliphatic carboxylic acids is 1. The highest BCUT2D eigenvalue weighted by molar-refractivity contribution is 5.72. The number of unbranched alkanes of at least 4 members (excludes halogenated alkanes) is 24. The van der Waals surface area contributed by atoms with Crippen molar-refractivity contribution in [3.8, 4) is 0 Å². The number of hydrogen-bond acceptors (Lipinski definition) is 6. The van der Waals surface area contributed by atoms with Gasteiger partial charge in [-0.25, -0.2) is 4.79 Å². The van der Waals surface area contributed by atoms with Gasteiger partial charge in [-0.15, -0.1) is 0 Å². The molecule has 59 heavy (non-hydrogen) atoms. The summed E-state index contributed by atoms with van der Waals surface area (Å²) in [5.74, 6) is -1.46. The number of ether oxygens (including phenoxy) is 3. The lowest BCUT2D eigenvalue weighted by molar-refractivity contribution is -0.887. The number of quaternary nitrogens is 1. The molecule has 344 valence electrons. The molecule has 0 aliphatic carbocycles. The van der Waals surface area contributed by atoms with Crippen LogP contribution in [0.3, 0.4) is 0 Å². The molecule has 0 aliphatic rings. The number of rotatable bonds is 44. The van der Waals surface area contributed by atoms with Crippen LogP contribution < -0.4 is 0 Å². The minimum atomic E-state index is -0.873. The lowest BCUT2D eigenvalue weighted by Crippen LogP contribution is -2.50. The molecule has 0 radical (unpaired) electrons. The van der Waals surface area contributed by atoms with Crippen molar-refractivity contribution in [1.82, 2.24) is 0 Å². The zero-order valence-electron chi connectivity index (χ0n) is 39.2. The molecular formula is C51H94NO7+. The molecule has 0 saturated carbocycles. The molecular weight excluding hydrogens is 739 g/mol. The number of esters is 2. The van der Waals surface area contributed by atoms with Gasteiger partial charge < -0.3 is 23.8 Å². The van der Waals surface area contributed by atoms with Crippen LogP contribution in [0, 0.1) is 0 Å². The number of hydrogen-bond donors (Lipinski definition) is 1. The number of carbonyl (C=O) groups excluding carboxylic acids is 2. The first-order valence-corrected chi connectivity index (χ1v) is 24.5. The Morgan fingerprint density at radius 2 is 0.949 bits per heavy atom. The van der Waals surface area contributed by atoms with Gasteiger partial charge in [0.2, 0.25) is 0 Å². The third-order valence-corrected chi connectivity index (χ3v) is 11.1. The van der Waals surface area contributed by atoms with Gasteiger partial charge in [-0.3, -0.25) is 9.59 Å². The van der Waals surface area contributed by atoms with Gasteiger partial charge in [0.25, 0.3) is 0 Å². The molecule has 2 atom stereocenters. The van der Waals surface area contributed by atoms with E-state index in [2.05, 4.69) is 50.3 Å². The molecule has 0 aromatic heterocycles. The maximum Gasteiger partial charge on any atom is 0.362 e. The summed E-state index contributed by atoms with van der Waals surface area (Å²) in [6.45, 7) is 4.65. The van der Waals surface area contributed by atoms with E-state index in [-0.39, 0.29) is 36.2 Å². The van der Waals surface area contributed by atoms with Gasteiger partial charge in [0.15, 0.2) is 12.1 Å². The van der Waals surface area contributed by atoms with Crippen LogP contribution in [-0.4, -0.2) is 80.6 Å². The number of carboxylic acids is 1. The Morgan fingerprint density at radius 1 is 0.525 bits per heavy atom. The van der Waals surface area contributed by atoms with E-state index in [1.165, 1.54) is 128 Å². The van der Waals surface area contributed by atoms with Crippen LogP contribution in [0.1, 0.15) is 219 Å². The summed E-state index contributed by atoms with van der Waals surface area (Å²) in [4.78, 5) is 37.0. The number of allylic oxidation sites excluding steroid dienone is 6. The van der Waals surface area contributed by atoms with Crippen LogP contribution in [0.4, 0.5) is 0 Å². The molecule has 0 amide bonds. The average Bonchev–Trinajstić information content (AvgIpc) is 3.19. The number of carbonyl (C=O) groups is 3. The molecule has 0 spiro atoms. The molecule has 0 aliphatic heterocycles. The SMILES string of the molecule is CC/C=C/C/C=C/C/C=C/CCCCCCCCCCCCCCCC(=O)OC(COCCC(C(=O)O)[N+](C)(C)C)COC(=O)CCCCCCCCCCCCCC. The van der Waals surface area contributed by atoms with Crippen LogP contribution in [0.25, 0.3) is 0 Å². The Balaban J connectivity index is 4.19. The monoisotopic (exact) mass is 833 g/mol. The third-order valence-electron chi connectivity index (χ3n) is 11.1. The van der Waals surface area contributed by atoms with Crippen molar-refractivity contribution in [1.29, 1.82) is 0 Å². The standard InChI is InChI=1S/C51H93NO7/c1-6-8-10-12-14-16-18-20-21-22-23-24-25-26-27-28-29-30-32-34-36-38-40-42-50(54)59-47(45-57-44-43-48(51(55)56)52(3,4)5)46-58-49(53)41-39-37-35-33-31-19-17-15-13-11-9-7-2/h8,10,14,16,20-21,47-48H,6-7,9,11-13,15,17-19,22-46H2,1-5H3/p+1/b10-8+,16-14+,21-20+. The number of nitrogens with zero attached hydrogens (tertiary/aromatic N) is 1. The summed E-state index contributed by atoms with van der Waals surface area (Å²) in [5, 5.41) is 9.63. The molecule has 0 bridgehead atoms. The molecule has 0 fully saturated rings. The molecule has 0 saturated heterocycles. The van der Waals surface area contributed by atoms with E-state index in [0.717, 1.165) is 57.8 Å². The third kappa shape index (κ3) is 40.7. The van der Waals surface area contributed by atoms with E-state index >= 15 is 0 Å². The van der Waals surface area contributed by atoms with Gasteiger partial charge >= 0.3 is 17.9 Å². The molecule has 0 aromatic carbocycles. The van der Waals surface area contributed by atoms with E-state index in [4.69, 9.17) is 14.2 Å². The predicted octanol–water partition coefficient (Wildman–Crippen LogP) is 13.8. The van der Waals surface area contributed by atoms with Crippen LogP contribution in [0.5, 0.6) is 0 Å². The van der Waals surface area contributed by atoms with Crippen LogP contribution in [-0.2, 0) is 28.6 Å². The minimum Gasteiger partial charge on any atom is -0.477 e. The molecule has 8 heteroatoms. The quantitative estimate of drug-likeness (QED) is 0.0282. The Labute approximate surface area is 364 Å². The molecule has 0 heterocycles. The second-order valence-electron chi connectivity index (χ2n) is 17.7. The molecule has 0 aromatic rings. The fourth-order valence-corrected chi connectivity index (χ4v) is 7.28. The summed E-state index contributed by atoms with van der Waals surface area (Å²) >= 11 is 0. The zero-order chi connectivity index (χ0) is 43.5. The van der Waals surface area contributed by atoms with E-state index in [0.29, 0.717) is 19.3 Å². The van der Waals surface area contributed by atoms with Gasteiger partial charge in [-0.05, 0) is 44.9 Å². The first kappa shape index (κ1) is 56.5. The maximum atomic E-state index is 12.8. The highest BCUT2D eigenvalue weighted by atomic mass is 16.6. The van der Waals surface area contributed by atoms with Gasteiger partial charge in [0, 0.05) is 19.3 Å². The molecule has 8 nitrogen and oxygen atoms in total. The lowest BCUT2D eigenvalue weighted by Gasteiger charge is -2.31. The summed E-state index contributed by atoms with van der Waals surface area (Å²) in [5.41, 5.74) is 0. The largest absolute Gasteiger partial charge is 0.477 e. The summed E-state index contributed by atoms with van der Waals surface area (Å²) in [7, 11) is 5.54. The normalized spacial score (nSPS) is 13.2. The lowest BCUT2D eigenvalue weighted by atomic mass is 10.0. The highest BCUT2D eigenvalue weighted by Crippen LogP contribution is 2.16. The van der Waals surface area contributed by atoms with E-state index in [1.807, 2.05) is 21.1 Å². The molecule has 0 rings (SSSR count). The summed E-state index contributed by atoms with van der Waals surface area (Å²) < 4.78 is 17.3. The maximum absolute atomic E-state index is 12.8. The minimum absolute atomic E-state index is 0.0474. The summed E-state index contributed by atoms with van der Waals surface area (Å²) in [6, 6.07) is -0.612. The van der Waals surface area contributed by atoms with E-state index < -0.39 is 18.1 Å². The van der Waals surface area contributed by atoms with Crippen LogP contribution in [0.2, 0.25) is 0 Å². The number of likely N-dealkylation sites (N-methyl/N-ethyl adjacent to an activating group) is 1. The van der Waals surface area contributed by atoms with Crippen molar-refractivity contribution in [2.75, 3.05) is 41.0 Å². The fraction of sp³-hybridized carbons (Fsp3) is 0.824. The Kier molecular flexibility index (Phi) is 40.5. The summed E-state index contributed by atoms with van der Waals surface area (Å²) in [6.07, 6.45) is 49.0. The van der Waals surface area contributed by atoms with Crippen LogP contribution >= 0.6 is 0 Å². The fourth-order valence-electron chi connectivity index (χ4n) is 7.28. The highest BCUT2D eigenvalue weighted by Gasteiger charge is 2.31. The van der Waals surface area contributed by atoms with Gasteiger partial charge in [-0.2, -0.15) is 0 Å². The topological polar surface area (TPSA) is 99.1 Å². The smallest absolute Gasteiger partial charge is 0.362 e. The van der Waals surface area contributed by atoms with Gasteiger partial charge in [-0.1, -0.05) is 192 Å². The van der Waals surface area contributed by atoms with Crippen molar-refractivity contribution in [3.63, 3.8) is 0 Å². The van der Waals surface area contributed by atoms with Crippen LogP contribution in [0.15, 0.2) is 36.5 Å². The van der Waals surface area contributed by atoms with E-state index in [9.17, 15) is 19.5 Å². The van der Waals surface area contributed by atoms with Gasteiger partial charge in [0.05, 0.1) is 34.4 Å². The first-order valence-electron chi connectivity index (χ1n) is 24.5. The zero-order valence-corrected chi connectivity index (χ0v) is 39.2. The van der Waals surface area contributed by atoms with Crippen molar-refractivity contribution in [2.45, 2.75) is 231 Å². The predicted molar refractivity (Wildman–Crippen MR) is 248 cm³/mol. The molecule has 1 N–H and O–H groups in total. The van der Waals surface area contributed by atoms with Crippen molar-refractivity contribution < 1.29 is 38.2 Å². The van der Waals surface area contributed by atoms with Gasteiger partial charge in [0.1, 0.15) is 6.61 Å². The average molecular weight is 833 g/mol. The van der Waals surface area contributed by atoms with Crippen molar-refractivity contribution in [3.05, 3.63) is 36.5 Å². The van der Waals surface area contributed by atoms with Crippen molar-refractivity contribution >= 4 is 17.9 Å². The van der Waals surface area contributed by atoms with E-state index in [1.54, 1.807) is 0 Å². The second kappa shape index (κ2) is 42.2. The Hall–Kier alpha value is -2.45. The second-order valence-corrected chi connectivity index (χ2v) is 17.7. The number of carboxylic acid groups (broad SMARTS) is 1. The Morgan fingerprint density at radius 3 is 1.41 bits per heavy atom. The molecule has 2 unspecified atom stereocenters.